The molecule has 3 rings (SSSR count). The van der Waals surface area contributed by atoms with Crippen molar-refractivity contribution in [2.45, 2.75) is 83.9 Å². The smallest absolute Gasteiger partial charge is 0.341 e. The van der Waals surface area contributed by atoms with Gasteiger partial charge in [0.15, 0.2) is 0 Å². The second kappa shape index (κ2) is 9.65. The number of hydrogen-bond donors (Lipinski definition) is 1. The van der Waals surface area contributed by atoms with Gasteiger partial charge in [-0.1, -0.05) is 11.6 Å². The van der Waals surface area contributed by atoms with E-state index in [1.165, 1.54) is 7.11 Å². The van der Waals surface area contributed by atoms with Crippen LogP contribution in [0.3, 0.4) is 0 Å². The van der Waals surface area contributed by atoms with Crippen LogP contribution in [0.4, 0.5) is 0 Å². The van der Waals surface area contributed by atoms with Crippen LogP contribution in [0.2, 0.25) is 5.02 Å². The molecule has 0 saturated heterocycles. The van der Waals surface area contributed by atoms with Crippen LogP contribution in [0.15, 0.2) is 0 Å². The number of halogens is 1. The lowest BCUT2D eigenvalue weighted by Crippen LogP contribution is -2.42. The highest BCUT2D eigenvalue weighted by molar-refractivity contribution is 6.47. The van der Waals surface area contributed by atoms with Crippen LogP contribution in [0.1, 0.15) is 85.8 Å². The number of esters is 2. The summed E-state index contributed by atoms with van der Waals surface area (Å²) in [6, 6.07) is -0.145. The van der Waals surface area contributed by atoms with Crippen LogP contribution in [-0.4, -0.2) is 46.9 Å². The average Bonchev–Trinajstić information content (AvgIpc) is 3.26. The van der Waals surface area contributed by atoms with Gasteiger partial charge in [0.2, 0.25) is 0 Å². The number of amides is 1. The Kier molecular flexibility index (Phi) is 7.32. The van der Waals surface area contributed by atoms with Gasteiger partial charge in [-0.2, -0.15) is 0 Å². The van der Waals surface area contributed by atoms with Gasteiger partial charge in [-0.25, -0.2) is 4.79 Å². The SMILES string of the molecule is COC(=O)c1c(Cl)c(C(=O)C(=O)NC2CCC(CC(=O)OC(C)(C)C)CC2)n2c1CCC2. The molecule has 0 aromatic carbocycles. The minimum atomic E-state index is -0.746. The summed E-state index contributed by atoms with van der Waals surface area (Å²) in [5, 5.41) is 2.79. The average molecular weight is 467 g/mol. The summed E-state index contributed by atoms with van der Waals surface area (Å²) in [5.74, 6) is -2.09. The predicted octanol–water partition coefficient (Wildman–Crippen LogP) is 3.46. The number of nitrogens with one attached hydrogen (secondary N) is 1. The molecular formula is C23H31ClN2O6. The summed E-state index contributed by atoms with van der Waals surface area (Å²) < 4.78 is 11.8. The zero-order chi connectivity index (χ0) is 23.6. The third-order valence-corrected chi connectivity index (χ3v) is 6.34. The summed E-state index contributed by atoms with van der Waals surface area (Å²) in [7, 11) is 1.25. The van der Waals surface area contributed by atoms with Gasteiger partial charge in [0, 0.05) is 24.7 Å². The first-order valence-electron chi connectivity index (χ1n) is 11.1. The number of aromatic nitrogens is 1. The molecule has 1 fully saturated rings. The molecule has 0 spiro atoms. The summed E-state index contributed by atoms with van der Waals surface area (Å²) in [6.45, 7) is 6.05. The Morgan fingerprint density at radius 3 is 2.38 bits per heavy atom. The van der Waals surface area contributed by atoms with Crippen molar-refractivity contribution in [1.29, 1.82) is 0 Å². The highest BCUT2D eigenvalue weighted by Crippen LogP contribution is 2.34. The molecule has 1 aliphatic heterocycles. The molecule has 0 bridgehead atoms. The van der Waals surface area contributed by atoms with Crippen molar-refractivity contribution in [3.05, 3.63) is 22.0 Å². The Bertz CT molecular complexity index is 922. The number of carbonyl (C=O) groups is 4. The van der Waals surface area contributed by atoms with Gasteiger partial charge in [0.25, 0.3) is 11.7 Å². The molecule has 0 unspecified atom stereocenters. The predicted molar refractivity (Wildman–Crippen MR) is 118 cm³/mol. The van der Waals surface area contributed by atoms with E-state index in [1.54, 1.807) is 4.57 Å². The van der Waals surface area contributed by atoms with E-state index in [4.69, 9.17) is 21.1 Å². The van der Waals surface area contributed by atoms with E-state index < -0.39 is 23.3 Å². The van der Waals surface area contributed by atoms with Crippen molar-refractivity contribution in [2.24, 2.45) is 5.92 Å². The van der Waals surface area contributed by atoms with Crippen LogP contribution < -0.4 is 5.32 Å². The number of methoxy groups -OCH3 is 1. The number of hydrogen-bond acceptors (Lipinski definition) is 6. The monoisotopic (exact) mass is 466 g/mol. The first-order valence-corrected chi connectivity index (χ1v) is 11.5. The Labute approximate surface area is 192 Å². The van der Waals surface area contributed by atoms with E-state index in [-0.39, 0.29) is 34.2 Å². The van der Waals surface area contributed by atoms with Crippen LogP contribution in [0.5, 0.6) is 0 Å². The minimum absolute atomic E-state index is 0.0206. The van der Waals surface area contributed by atoms with E-state index in [9.17, 15) is 19.2 Å². The molecule has 1 aliphatic carbocycles. The molecule has 2 aliphatic rings. The summed E-state index contributed by atoms with van der Waals surface area (Å²) in [5.41, 5.74) is 0.359. The third kappa shape index (κ3) is 5.34. The number of nitrogens with zero attached hydrogens (tertiary/aromatic N) is 1. The topological polar surface area (TPSA) is 104 Å². The fourth-order valence-corrected chi connectivity index (χ4v) is 4.94. The van der Waals surface area contributed by atoms with Crippen molar-refractivity contribution in [3.63, 3.8) is 0 Å². The maximum Gasteiger partial charge on any atom is 0.341 e. The number of Topliss-reactive ketones (excluding diaryl/α,β-unsaturated/α-hetero) is 1. The molecule has 0 radical (unpaired) electrons. The van der Waals surface area contributed by atoms with Crippen molar-refractivity contribution in [2.75, 3.05) is 7.11 Å². The molecule has 1 aromatic rings. The molecule has 176 valence electrons. The Balaban J connectivity index is 1.59. The lowest BCUT2D eigenvalue weighted by Gasteiger charge is -2.29. The maximum atomic E-state index is 12.9. The highest BCUT2D eigenvalue weighted by atomic mass is 35.5. The Morgan fingerprint density at radius 2 is 1.78 bits per heavy atom. The van der Waals surface area contributed by atoms with E-state index in [1.807, 2.05) is 20.8 Å². The molecule has 32 heavy (non-hydrogen) atoms. The first kappa shape index (κ1) is 24.3. The van der Waals surface area contributed by atoms with Crippen LogP contribution in [-0.2, 0) is 32.0 Å². The molecule has 9 heteroatoms. The number of carbonyl (C=O) groups excluding carboxylic acids is 4. The van der Waals surface area contributed by atoms with Crippen LogP contribution in [0, 0.1) is 5.92 Å². The minimum Gasteiger partial charge on any atom is -0.465 e. The fraction of sp³-hybridized carbons (Fsp3) is 0.652. The largest absolute Gasteiger partial charge is 0.465 e. The molecule has 1 saturated carbocycles. The highest BCUT2D eigenvalue weighted by Gasteiger charge is 2.35. The van der Waals surface area contributed by atoms with E-state index in [2.05, 4.69) is 5.32 Å². The van der Waals surface area contributed by atoms with Crippen molar-refractivity contribution < 1.29 is 28.7 Å². The molecule has 8 nitrogen and oxygen atoms in total. The molecule has 0 atom stereocenters. The normalized spacial score (nSPS) is 20.4. The van der Waals surface area contributed by atoms with E-state index in [0.717, 1.165) is 19.3 Å². The number of fused-ring (bicyclic) bond motifs is 1. The lowest BCUT2D eigenvalue weighted by atomic mass is 9.84. The summed E-state index contributed by atoms with van der Waals surface area (Å²) in [6.07, 6.45) is 4.62. The molecule has 1 aromatic heterocycles. The number of ether oxygens (including phenoxy) is 2. The van der Waals surface area contributed by atoms with Gasteiger partial charge in [0.05, 0.1) is 17.7 Å². The summed E-state index contributed by atoms with van der Waals surface area (Å²) >= 11 is 6.35. The molecule has 1 amide bonds. The molecule has 1 N–H and O–H groups in total. The fourth-order valence-electron chi connectivity index (χ4n) is 4.56. The van der Waals surface area contributed by atoms with Gasteiger partial charge in [-0.3, -0.25) is 14.4 Å². The second-order valence-corrected chi connectivity index (χ2v) is 9.92. The van der Waals surface area contributed by atoms with Crippen molar-refractivity contribution >= 4 is 35.2 Å². The molecular weight excluding hydrogens is 436 g/mol. The second-order valence-electron chi connectivity index (χ2n) is 9.54. The van der Waals surface area contributed by atoms with Crippen molar-refractivity contribution in [1.82, 2.24) is 9.88 Å². The Hall–Kier alpha value is -2.35. The van der Waals surface area contributed by atoms with E-state index in [0.29, 0.717) is 37.9 Å². The first-order chi connectivity index (χ1) is 15.0. The molecule has 2 heterocycles. The standard InChI is InChI=1S/C23H31ClN2O6/c1-23(2,3)32-16(27)12-13-7-9-14(10-8-13)25-21(29)20(28)19-18(24)17(22(30)31-4)15-6-5-11-26(15)19/h13-14H,5-12H2,1-4H3,(H,25,29). The van der Waals surface area contributed by atoms with Gasteiger partial charge in [-0.05, 0) is 65.2 Å². The lowest BCUT2D eigenvalue weighted by molar-refractivity contribution is -0.156. The zero-order valence-electron chi connectivity index (χ0n) is 19.1. The van der Waals surface area contributed by atoms with Gasteiger partial charge < -0.3 is 19.4 Å². The van der Waals surface area contributed by atoms with Gasteiger partial charge >= 0.3 is 11.9 Å². The summed E-state index contributed by atoms with van der Waals surface area (Å²) in [4.78, 5) is 49.8. The number of ketones is 1. The van der Waals surface area contributed by atoms with Gasteiger partial charge in [-0.15, -0.1) is 0 Å². The maximum absolute atomic E-state index is 12.9. The van der Waals surface area contributed by atoms with Crippen molar-refractivity contribution in [3.8, 4) is 0 Å². The zero-order valence-corrected chi connectivity index (χ0v) is 19.8. The van der Waals surface area contributed by atoms with Crippen LogP contribution in [0.25, 0.3) is 0 Å². The van der Waals surface area contributed by atoms with E-state index >= 15 is 0 Å². The van der Waals surface area contributed by atoms with Crippen LogP contribution >= 0.6 is 11.6 Å². The number of rotatable bonds is 6. The quantitative estimate of drug-likeness (QED) is 0.391. The van der Waals surface area contributed by atoms with Gasteiger partial charge in [0.1, 0.15) is 11.3 Å². The Morgan fingerprint density at radius 1 is 1.12 bits per heavy atom. The third-order valence-electron chi connectivity index (χ3n) is 5.98.